The Balaban J connectivity index is 2.03. The highest BCUT2D eigenvalue weighted by molar-refractivity contribution is 7.91. The van der Waals surface area contributed by atoms with Crippen LogP contribution in [0.2, 0.25) is 4.34 Å². The second-order valence-corrected chi connectivity index (χ2v) is 8.55. The summed E-state index contributed by atoms with van der Waals surface area (Å²) in [6.07, 6.45) is 2.31. The van der Waals surface area contributed by atoms with Gasteiger partial charge in [-0.25, -0.2) is 13.4 Å². The first-order valence-corrected chi connectivity index (χ1v) is 9.05. The average Bonchev–Trinajstić information content (AvgIpc) is 2.90. The molecule has 0 N–H and O–H groups in total. The van der Waals surface area contributed by atoms with E-state index in [-0.39, 0.29) is 17.5 Å². The highest BCUT2D eigenvalue weighted by atomic mass is 35.5. The van der Waals surface area contributed by atoms with Crippen molar-refractivity contribution in [2.45, 2.75) is 19.0 Å². The largest absolute Gasteiger partial charge is 0.383 e. The van der Waals surface area contributed by atoms with Crippen molar-refractivity contribution in [2.24, 2.45) is 0 Å². The molecule has 2 rings (SSSR count). The Labute approximate surface area is 122 Å². The van der Waals surface area contributed by atoms with E-state index in [9.17, 15) is 8.42 Å². The van der Waals surface area contributed by atoms with E-state index in [2.05, 4.69) is 9.88 Å². The van der Waals surface area contributed by atoms with Gasteiger partial charge in [-0.15, -0.1) is 11.3 Å². The van der Waals surface area contributed by atoms with Crippen molar-refractivity contribution < 1.29 is 13.2 Å². The summed E-state index contributed by atoms with van der Waals surface area (Å²) in [5.74, 6) is 0.510. The first-order valence-electron chi connectivity index (χ1n) is 6.04. The summed E-state index contributed by atoms with van der Waals surface area (Å²) < 4.78 is 28.9. The van der Waals surface area contributed by atoms with Crippen LogP contribution in [-0.4, -0.2) is 56.1 Å². The van der Waals surface area contributed by atoms with E-state index >= 15 is 0 Å². The lowest BCUT2D eigenvalue weighted by atomic mass is 10.2. The SMILES string of the molecule is COCCN(Cc1ncc(Cl)s1)C1CCS(=O)(=O)C1. The van der Waals surface area contributed by atoms with Gasteiger partial charge in [-0.2, -0.15) is 0 Å². The number of nitrogens with zero attached hydrogens (tertiary/aromatic N) is 2. The predicted octanol–water partition coefficient (Wildman–Crippen LogP) is 1.43. The van der Waals surface area contributed by atoms with Crippen molar-refractivity contribution in [1.29, 1.82) is 0 Å². The van der Waals surface area contributed by atoms with Gasteiger partial charge in [0.1, 0.15) is 9.34 Å². The van der Waals surface area contributed by atoms with Crippen LogP contribution in [0.1, 0.15) is 11.4 Å². The fourth-order valence-electron chi connectivity index (χ4n) is 2.20. The molecule has 1 aromatic rings. The van der Waals surface area contributed by atoms with E-state index in [0.29, 0.717) is 30.5 Å². The van der Waals surface area contributed by atoms with Gasteiger partial charge < -0.3 is 4.74 Å². The topological polar surface area (TPSA) is 59.5 Å². The zero-order valence-electron chi connectivity index (χ0n) is 10.7. The molecular formula is C11H17ClN2O3S2. The molecule has 0 aromatic carbocycles. The Morgan fingerprint density at radius 1 is 1.63 bits per heavy atom. The third-order valence-corrected chi connectivity index (χ3v) is 6.02. The van der Waals surface area contributed by atoms with E-state index in [1.807, 2.05) is 0 Å². The molecule has 2 heterocycles. The number of sulfone groups is 1. The fraction of sp³-hybridized carbons (Fsp3) is 0.727. The monoisotopic (exact) mass is 324 g/mol. The summed E-state index contributed by atoms with van der Waals surface area (Å²) in [5, 5.41) is 0.908. The van der Waals surface area contributed by atoms with Gasteiger partial charge in [-0.05, 0) is 6.42 Å². The van der Waals surface area contributed by atoms with Crippen molar-refractivity contribution in [3.8, 4) is 0 Å². The molecule has 0 saturated carbocycles. The van der Waals surface area contributed by atoms with Crippen LogP contribution < -0.4 is 0 Å². The van der Waals surface area contributed by atoms with Crippen LogP contribution in [-0.2, 0) is 21.1 Å². The van der Waals surface area contributed by atoms with Crippen LogP contribution in [0.15, 0.2) is 6.20 Å². The molecule has 1 fully saturated rings. The van der Waals surface area contributed by atoms with Crippen molar-refractivity contribution in [3.05, 3.63) is 15.5 Å². The maximum Gasteiger partial charge on any atom is 0.151 e. The van der Waals surface area contributed by atoms with Gasteiger partial charge in [0.2, 0.25) is 0 Å². The van der Waals surface area contributed by atoms with Crippen molar-refractivity contribution in [3.63, 3.8) is 0 Å². The molecule has 19 heavy (non-hydrogen) atoms. The molecule has 0 bridgehead atoms. The number of hydrogen-bond donors (Lipinski definition) is 0. The van der Waals surface area contributed by atoms with Crippen LogP contribution in [0, 0.1) is 0 Å². The molecule has 0 radical (unpaired) electrons. The summed E-state index contributed by atoms with van der Waals surface area (Å²) in [7, 11) is -1.24. The molecule has 5 nitrogen and oxygen atoms in total. The lowest BCUT2D eigenvalue weighted by Gasteiger charge is -2.26. The highest BCUT2D eigenvalue weighted by Crippen LogP contribution is 2.23. The van der Waals surface area contributed by atoms with Crippen molar-refractivity contribution in [1.82, 2.24) is 9.88 Å². The molecule has 1 aliphatic rings. The molecular weight excluding hydrogens is 308 g/mol. The molecule has 1 aromatic heterocycles. The summed E-state index contributed by atoms with van der Waals surface area (Å²) in [5.41, 5.74) is 0. The molecule has 1 aliphatic heterocycles. The van der Waals surface area contributed by atoms with Crippen molar-refractivity contribution >= 4 is 32.8 Å². The number of methoxy groups -OCH3 is 1. The molecule has 0 spiro atoms. The van der Waals surface area contributed by atoms with Gasteiger partial charge in [0, 0.05) is 19.7 Å². The van der Waals surface area contributed by atoms with Gasteiger partial charge in [-0.3, -0.25) is 4.90 Å². The van der Waals surface area contributed by atoms with Crippen LogP contribution in [0.3, 0.4) is 0 Å². The summed E-state index contributed by atoms with van der Waals surface area (Å²) in [6.45, 7) is 1.91. The van der Waals surface area contributed by atoms with Crippen LogP contribution >= 0.6 is 22.9 Å². The second-order valence-electron chi connectivity index (χ2n) is 4.58. The molecule has 0 aliphatic carbocycles. The van der Waals surface area contributed by atoms with Crippen molar-refractivity contribution in [2.75, 3.05) is 31.8 Å². The summed E-state index contributed by atoms with van der Waals surface area (Å²) in [4.78, 5) is 6.35. The Morgan fingerprint density at radius 2 is 2.42 bits per heavy atom. The molecule has 1 atom stereocenters. The number of thiazole rings is 1. The zero-order valence-corrected chi connectivity index (χ0v) is 13.1. The first-order chi connectivity index (χ1) is 9.00. The van der Waals surface area contributed by atoms with Crippen LogP contribution in [0.4, 0.5) is 0 Å². The first kappa shape index (κ1) is 15.2. The molecule has 0 amide bonds. The average molecular weight is 325 g/mol. The third kappa shape index (κ3) is 4.39. The van der Waals surface area contributed by atoms with Crippen LogP contribution in [0.5, 0.6) is 0 Å². The Kier molecular flexibility index (Phi) is 5.19. The minimum absolute atomic E-state index is 0.0582. The maximum atomic E-state index is 11.6. The zero-order chi connectivity index (χ0) is 13.9. The quantitative estimate of drug-likeness (QED) is 0.792. The van der Waals surface area contributed by atoms with Gasteiger partial charge in [0.05, 0.1) is 30.9 Å². The van der Waals surface area contributed by atoms with E-state index < -0.39 is 9.84 Å². The van der Waals surface area contributed by atoms with Gasteiger partial charge in [-0.1, -0.05) is 11.6 Å². The minimum Gasteiger partial charge on any atom is -0.383 e. The lowest BCUT2D eigenvalue weighted by molar-refractivity contribution is 0.121. The van der Waals surface area contributed by atoms with E-state index in [4.69, 9.17) is 16.3 Å². The molecule has 1 unspecified atom stereocenters. The fourth-order valence-corrected chi connectivity index (χ4v) is 4.94. The Hall–Kier alpha value is -0.210. The second kappa shape index (κ2) is 6.49. The molecule has 8 heteroatoms. The van der Waals surface area contributed by atoms with Crippen LogP contribution in [0.25, 0.3) is 0 Å². The molecule has 108 valence electrons. The van der Waals surface area contributed by atoms with E-state index in [1.165, 1.54) is 11.3 Å². The summed E-state index contributed by atoms with van der Waals surface area (Å²) in [6, 6.07) is 0.0582. The number of rotatable bonds is 6. The number of ether oxygens (including phenoxy) is 1. The normalized spacial score (nSPS) is 22.2. The number of aromatic nitrogens is 1. The predicted molar refractivity (Wildman–Crippen MR) is 76.5 cm³/mol. The van der Waals surface area contributed by atoms with E-state index in [0.717, 1.165) is 5.01 Å². The maximum absolute atomic E-state index is 11.6. The van der Waals surface area contributed by atoms with Gasteiger partial charge in [0.15, 0.2) is 9.84 Å². The van der Waals surface area contributed by atoms with Gasteiger partial charge >= 0.3 is 0 Å². The Bertz CT molecular complexity index is 518. The number of hydrogen-bond acceptors (Lipinski definition) is 6. The minimum atomic E-state index is -2.88. The molecule has 1 saturated heterocycles. The third-order valence-electron chi connectivity index (χ3n) is 3.17. The lowest BCUT2D eigenvalue weighted by Crippen LogP contribution is -2.38. The number of halogens is 1. The smallest absolute Gasteiger partial charge is 0.151 e. The summed E-state index contributed by atoms with van der Waals surface area (Å²) >= 11 is 7.30. The highest BCUT2D eigenvalue weighted by Gasteiger charge is 2.32. The Morgan fingerprint density at radius 3 is 2.95 bits per heavy atom. The van der Waals surface area contributed by atoms with E-state index in [1.54, 1.807) is 13.3 Å². The standard InChI is InChI=1S/C11H17ClN2O3S2/c1-17-4-3-14(7-11-13-6-10(12)18-11)9-2-5-19(15,16)8-9/h6,9H,2-5,7-8H2,1H3. The van der Waals surface area contributed by atoms with Gasteiger partial charge in [0.25, 0.3) is 0 Å².